The summed E-state index contributed by atoms with van der Waals surface area (Å²) in [6, 6.07) is 7.40. The number of aliphatic hydroxyl groups is 1. The van der Waals surface area contributed by atoms with Crippen molar-refractivity contribution in [2.75, 3.05) is 5.32 Å². The lowest BCUT2D eigenvalue weighted by Gasteiger charge is -2.20. The fourth-order valence-electron chi connectivity index (χ4n) is 3.34. The molecule has 178 valence electrons. The average Bonchev–Trinajstić information content (AvgIpc) is 2.79. The summed E-state index contributed by atoms with van der Waals surface area (Å²) in [7, 11) is 0. The zero-order chi connectivity index (χ0) is 24.8. The summed E-state index contributed by atoms with van der Waals surface area (Å²) >= 11 is 0. The van der Waals surface area contributed by atoms with Crippen molar-refractivity contribution in [2.45, 2.75) is 32.4 Å². The van der Waals surface area contributed by atoms with Gasteiger partial charge in [-0.2, -0.15) is 0 Å². The number of benzene rings is 1. The van der Waals surface area contributed by atoms with E-state index in [-0.39, 0.29) is 29.1 Å². The Morgan fingerprint density at radius 3 is 2.76 bits per heavy atom. The highest BCUT2D eigenvalue weighted by Gasteiger charge is 2.17. The van der Waals surface area contributed by atoms with E-state index in [1.807, 2.05) is 13.0 Å². The Morgan fingerprint density at radius 2 is 2.09 bits per heavy atom. The Kier molecular flexibility index (Phi) is 7.83. The van der Waals surface area contributed by atoms with Crippen LogP contribution in [0.3, 0.4) is 0 Å². The van der Waals surface area contributed by atoms with Gasteiger partial charge in [0.15, 0.2) is 11.6 Å². The van der Waals surface area contributed by atoms with Crippen LogP contribution in [0.2, 0.25) is 0 Å². The second-order valence-corrected chi connectivity index (χ2v) is 7.98. The smallest absolute Gasteiger partial charge is 0.219 e. The van der Waals surface area contributed by atoms with E-state index in [2.05, 4.69) is 10.3 Å². The first-order chi connectivity index (χ1) is 16.2. The van der Waals surface area contributed by atoms with E-state index in [0.29, 0.717) is 12.1 Å². The van der Waals surface area contributed by atoms with E-state index in [9.17, 15) is 9.50 Å². The summed E-state index contributed by atoms with van der Waals surface area (Å²) in [5.74, 6) is -0.125. The van der Waals surface area contributed by atoms with Gasteiger partial charge >= 0.3 is 0 Å². The quantitative estimate of drug-likeness (QED) is 0.327. The summed E-state index contributed by atoms with van der Waals surface area (Å²) in [6.45, 7) is 3.70. The summed E-state index contributed by atoms with van der Waals surface area (Å²) in [5, 5.41) is 21.3. The lowest BCUT2D eigenvalue weighted by atomic mass is 9.92. The van der Waals surface area contributed by atoms with Gasteiger partial charge in [0.05, 0.1) is 11.9 Å². The van der Waals surface area contributed by atoms with Gasteiger partial charge in [-0.1, -0.05) is 30.4 Å². The van der Waals surface area contributed by atoms with Crippen LogP contribution in [0.1, 0.15) is 18.9 Å². The molecule has 0 fully saturated rings. The Labute approximate surface area is 197 Å². The number of hydrogen-bond donors (Lipinski definition) is 6. The van der Waals surface area contributed by atoms with Crippen molar-refractivity contribution in [2.24, 2.45) is 17.2 Å². The molecule has 34 heavy (non-hydrogen) atoms. The average molecular weight is 465 g/mol. The first kappa shape index (κ1) is 24.7. The Morgan fingerprint density at radius 1 is 1.35 bits per heavy atom. The molecule has 8 nitrogen and oxygen atoms in total. The molecule has 0 saturated carbocycles. The molecule has 1 aliphatic carbocycles. The second-order valence-electron chi connectivity index (χ2n) is 7.98. The predicted octanol–water partition coefficient (Wildman–Crippen LogP) is 3.36. The predicted molar refractivity (Wildman–Crippen MR) is 132 cm³/mol. The molecule has 2 atom stereocenters. The van der Waals surface area contributed by atoms with Gasteiger partial charge in [-0.25, -0.2) is 9.37 Å². The molecular formula is C25H29FN6O2. The third kappa shape index (κ3) is 5.89. The van der Waals surface area contributed by atoms with Crippen LogP contribution in [0.15, 0.2) is 83.0 Å². The van der Waals surface area contributed by atoms with Gasteiger partial charge in [-0.15, -0.1) is 0 Å². The molecule has 0 radical (unpaired) electrons. The van der Waals surface area contributed by atoms with E-state index >= 15 is 0 Å². The molecule has 0 aliphatic heterocycles. The minimum absolute atomic E-state index is 0.0664. The molecule has 1 aromatic carbocycles. The van der Waals surface area contributed by atoms with Crippen molar-refractivity contribution in [3.63, 3.8) is 0 Å². The van der Waals surface area contributed by atoms with Crippen molar-refractivity contribution < 1.29 is 14.2 Å². The number of allylic oxidation sites excluding steroid dienone is 2. The van der Waals surface area contributed by atoms with Gasteiger partial charge in [0.2, 0.25) is 5.88 Å². The van der Waals surface area contributed by atoms with Crippen molar-refractivity contribution in [3.8, 4) is 11.6 Å². The minimum atomic E-state index is -1.14. The van der Waals surface area contributed by atoms with Gasteiger partial charge in [0.25, 0.3) is 0 Å². The molecule has 2 aromatic rings. The molecule has 1 heterocycles. The summed E-state index contributed by atoms with van der Waals surface area (Å²) in [5.41, 5.74) is 22.1. The highest BCUT2D eigenvalue weighted by atomic mass is 19.1. The number of ether oxygens (including phenoxy) is 1. The lowest BCUT2D eigenvalue weighted by molar-refractivity contribution is 0.264. The standard InChI is InChI=1S/C25H29FN6O2/c1-14-9-16(20(29)11-19(14)28)7-8-22(33)17(12-27)25(30)32-21-13-31-24(10-15(21)2)34-23-6-4-3-5-18(23)26/h3-10,12-13,20,22,27,32-33H,11,28-30H2,1-2H3/b8-7+,25-17+,27-12?. The molecule has 9 heteroatoms. The van der Waals surface area contributed by atoms with Crippen LogP contribution in [0.25, 0.3) is 0 Å². The molecule has 3 rings (SSSR count). The highest BCUT2D eigenvalue weighted by molar-refractivity contribution is 5.80. The van der Waals surface area contributed by atoms with Gasteiger partial charge in [-0.3, -0.25) is 0 Å². The largest absolute Gasteiger partial charge is 0.436 e. The van der Waals surface area contributed by atoms with Crippen LogP contribution in [0.5, 0.6) is 11.6 Å². The number of nitrogens with one attached hydrogen (secondary N) is 2. The number of nitrogens with zero attached hydrogens (tertiary/aromatic N) is 1. The maximum Gasteiger partial charge on any atom is 0.219 e. The van der Waals surface area contributed by atoms with Gasteiger partial charge in [-0.05, 0) is 42.7 Å². The van der Waals surface area contributed by atoms with Gasteiger partial charge < -0.3 is 37.8 Å². The zero-order valence-corrected chi connectivity index (χ0v) is 19.0. The fraction of sp³-hybridized carbons (Fsp3) is 0.200. The van der Waals surface area contributed by atoms with Crippen molar-refractivity contribution >= 4 is 11.9 Å². The SMILES string of the molecule is CC1=C(N)CC(N)C(/C=C/C(O)/C(C=N)=C(\N)Nc2cnc(Oc3ccccc3F)cc2C)=C1. The molecule has 0 saturated heterocycles. The number of halogens is 1. The Hall–Kier alpha value is -3.95. The number of aliphatic hydroxyl groups excluding tert-OH is 1. The number of anilines is 1. The number of nitrogens with two attached hydrogens (primary N) is 3. The molecule has 0 amide bonds. The van der Waals surface area contributed by atoms with E-state index in [4.69, 9.17) is 27.3 Å². The normalized spacial score (nSPS) is 17.8. The lowest BCUT2D eigenvalue weighted by Crippen LogP contribution is -2.28. The molecule has 0 spiro atoms. The molecule has 2 unspecified atom stereocenters. The highest BCUT2D eigenvalue weighted by Crippen LogP contribution is 2.26. The molecule has 1 aliphatic rings. The third-order valence-corrected chi connectivity index (χ3v) is 5.42. The van der Waals surface area contributed by atoms with Crippen LogP contribution in [0, 0.1) is 18.2 Å². The van der Waals surface area contributed by atoms with Gasteiger partial charge in [0.1, 0.15) is 11.9 Å². The maximum atomic E-state index is 13.8. The molecule has 9 N–H and O–H groups in total. The summed E-state index contributed by atoms with van der Waals surface area (Å²) in [4.78, 5) is 4.18. The topological polar surface area (TPSA) is 156 Å². The number of pyridine rings is 1. The van der Waals surface area contributed by atoms with Crippen molar-refractivity contribution in [1.82, 2.24) is 4.98 Å². The second kappa shape index (κ2) is 10.8. The van der Waals surface area contributed by atoms with E-state index < -0.39 is 11.9 Å². The van der Waals surface area contributed by atoms with Gasteiger partial charge in [0, 0.05) is 36.0 Å². The zero-order valence-electron chi connectivity index (χ0n) is 19.0. The number of hydrogen-bond acceptors (Lipinski definition) is 8. The fourth-order valence-corrected chi connectivity index (χ4v) is 3.34. The summed E-state index contributed by atoms with van der Waals surface area (Å²) in [6.07, 6.45) is 6.97. The first-order valence-corrected chi connectivity index (χ1v) is 10.6. The van der Waals surface area contributed by atoms with E-state index in [1.54, 1.807) is 31.2 Å². The number of para-hydroxylation sites is 1. The van der Waals surface area contributed by atoms with Crippen molar-refractivity contribution in [1.29, 1.82) is 5.41 Å². The Bertz CT molecular complexity index is 1200. The number of aromatic nitrogens is 1. The Balaban J connectivity index is 1.75. The van der Waals surface area contributed by atoms with Crippen LogP contribution in [-0.4, -0.2) is 28.5 Å². The molecule has 1 aromatic heterocycles. The molecule has 0 bridgehead atoms. The first-order valence-electron chi connectivity index (χ1n) is 10.6. The van der Waals surface area contributed by atoms with Crippen LogP contribution < -0.4 is 27.3 Å². The van der Waals surface area contributed by atoms with Crippen LogP contribution >= 0.6 is 0 Å². The van der Waals surface area contributed by atoms with E-state index in [0.717, 1.165) is 28.6 Å². The monoisotopic (exact) mass is 464 g/mol. The van der Waals surface area contributed by atoms with Crippen LogP contribution in [0.4, 0.5) is 10.1 Å². The van der Waals surface area contributed by atoms with E-state index in [1.165, 1.54) is 24.4 Å². The number of rotatable bonds is 8. The third-order valence-electron chi connectivity index (χ3n) is 5.42. The summed E-state index contributed by atoms with van der Waals surface area (Å²) < 4.78 is 19.3. The number of aryl methyl sites for hydroxylation is 1. The maximum absolute atomic E-state index is 13.8. The minimum Gasteiger partial charge on any atom is -0.436 e. The van der Waals surface area contributed by atoms with Crippen molar-refractivity contribution in [3.05, 3.63) is 94.4 Å². The molecular weight excluding hydrogens is 435 g/mol. The van der Waals surface area contributed by atoms with Crippen LogP contribution in [-0.2, 0) is 0 Å².